The summed E-state index contributed by atoms with van der Waals surface area (Å²) >= 11 is 0. The Labute approximate surface area is 116 Å². The van der Waals surface area contributed by atoms with Crippen LogP contribution in [0, 0.1) is 23.2 Å². The van der Waals surface area contributed by atoms with Gasteiger partial charge in [0, 0.05) is 12.5 Å². The summed E-state index contributed by atoms with van der Waals surface area (Å²) in [5.74, 6) is -1.16. The van der Waals surface area contributed by atoms with E-state index in [0.29, 0.717) is 13.0 Å². The minimum atomic E-state index is -0.656. The van der Waals surface area contributed by atoms with Gasteiger partial charge in [-0.2, -0.15) is 5.26 Å². The molecule has 1 fully saturated rings. The lowest BCUT2D eigenvalue weighted by molar-refractivity contribution is -0.151. The molecule has 0 aromatic carbocycles. The Hall–Kier alpha value is -2.23. The number of carbonyl (C=O) groups is 2. The molecule has 2 aliphatic heterocycles. The van der Waals surface area contributed by atoms with Crippen molar-refractivity contribution < 1.29 is 23.8 Å². The molecule has 2 rings (SSSR count). The lowest BCUT2D eigenvalue weighted by atomic mass is 9.88. The Morgan fingerprint density at radius 1 is 1.60 bits per heavy atom. The summed E-state index contributed by atoms with van der Waals surface area (Å²) in [7, 11) is 1.28. The van der Waals surface area contributed by atoms with Gasteiger partial charge in [0.25, 0.3) is 0 Å². The van der Waals surface area contributed by atoms with Crippen LogP contribution in [0.3, 0.4) is 0 Å². The van der Waals surface area contributed by atoms with Crippen LogP contribution < -0.4 is 0 Å². The number of esters is 1. The minimum Gasteiger partial charge on any atom is -0.466 e. The van der Waals surface area contributed by atoms with Gasteiger partial charge in [-0.15, -0.1) is 0 Å². The molecule has 0 bridgehead atoms. The quantitative estimate of drug-likeness (QED) is 0.701. The number of likely N-dealkylation sites (tertiary alicyclic amines) is 1. The van der Waals surface area contributed by atoms with Crippen molar-refractivity contribution >= 4 is 12.1 Å². The van der Waals surface area contributed by atoms with Gasteiger partial charge in [0.1, 0.15) is 6.07 Å². The van der Waals surface area contributed by atoms with Gasteiger partial charge in [0.15, 0.2) is 12.0 Å². The third-order valence-electron chi connectivity index (χ3n) is 3.49. The number of nitrogens with zero attached hydrogens (tertiary/aromatic N) is 2. The van der Waals surface area contributed by atoms with Crippen molar-refractivity contribution in [3.05, 3.63) is 11.8 Å². The van der Waals surface area contributed by atoms with Crippen LogP contribution in [0.5, 0.6) is 0 Å². The number of allylic oxidation sites excluding steroid dienone is 1. The normalized spacial score (nSPS) is 27.8. The zero-order chi connectivity index (χ0) is 14.7. The van der Waals surface area contributed by atoms with Crippen molar-refractivity contribution in [2.75, 3.05) is 20.3 Å². The number of hydrogen-bond donors (Lipinski definition) is 0. The second-order valence-electron chi connectivity index (χ2n) is 4.54. The van der Waals surface area contributed by atoms with E-state index in [0.717, 1.165) is 0 Å². The van der Waals surface area contributed by atoms with E-state index >= 15 is 0 Å². The second-order valence-corrected chi connectivity index (χ2v) is 4.54. The number of fused-ring (bicyclic) bond motifs is 1. The van der Waals surface area contributed by atoms with Crippen LogP contribution in [0.2, 0.25) is 0 Å². The fourth-order valence-corrected chi connectivity index (χ4v) is 2.61. The first-order chi connectivity index (χ1) is 9.62. The molecular formula is C13H16N2O5. The van der Waals surface area contributed by atoms with Gasteiger partial charge in [0.2, 0.25) is 0 Å². The molecule has 7 heteroatoms. The number of methoxy groups -OCH3 is 1. The molecule has 1 saturated heterocycles. The Bertz CT molecular complexity index is 482. The lowest BCUT2D eigenvalue weighted by Gasteiger charge is -2.33. The van der Waals surface area contributed by atoms with Crippen LogP contribution in [-0.4, -0.2) is 43.5 Å². The summed E-state index contributed by atoms with van der Waals surface area (Å²) in [6, 6.07) is 1.87. The number of rotatable bonds is 2. The molecule has 108 valence electrons. The number of amides is 1. The van der Waals surface area contributed by atoms with E-state index in [1.54, 1.807) is 6.92 Å². The molecule has 7 nitrogen and oxygen atoms in total. The van der Waals surface area contributed by atoms with E-state index in [9.17, 15) is 9.59 Å². The highest BCUT2D eigenvalue weighted by atomic mass is 16.6. The van der Waals surface area contributed by atoms with Gasteiger partial charge in [-0.3, -0.25) is 9.69 Å². The van der Waals surface area contributed by atoms with Crippen molar-refractivity contribution in [1.82, 2.24) is 4.90 Å². The highest BCUT2D eigenvalue weighted by molar-refractivity contribution is 5.76. The first kappa shape index (κ1) is 14.2. The molecule has 0 radical (unpaired) electrons. The fourth-order valence-electron chi connectivity index (χ4n) is 2.61. The van der Waals surface area contributed by atoms with Crippen LogP contribution in [-0.2, 0) is 19.0 Å². The second kappa shape index (κ2) is 5.82. The molecule has 2 aliphatic rings. The Morgan fingerprint density at radius 2 is 2.35 bits per heavy atom. The molecule has 0 aromatic heterocycles. The minimum absolute atomic E-state index is 0.0279. The van der Waals surface area contributed by atoms with Crippen LogP contribution in [0.15, 0.2) is 11.8 Å². The summed E-state index contributed by atoms with van der Waals surface area (Å²) in [4.78, 5) is 25.0. The highest BCUT2D eigenvalue weighted by Crippen LogP contribution is 2.38. The monoisotopic (exact) mass is 280 g/mol. The maximum absolute atomic E-state index is 12.0. The van der Waals surface area contributed by atoms with E-state index in [-0.39, 0.29) is 18.3 Å². The van der Waals surface area contributed by atoms with Crippen molar-refractivity contribution in [3.63, 3.8) is 0 Å². The number of nitriles is 1. The molecule has 1 amide bonds. The van der Waals surface area contributed by atoms with E-state index < -0.39 is 24.2 Å². The van der Waals surface area contributed by atoms with Crippen LogP contribution in [0.25, 0.3) is 0 Å². The lowest BCUT2D eigenvalue weighted by Crippen LogP contribution is -2.44. The van der Waals surface area contributed by atoms with Gasteiger partial charge in [-0.1, -0.05) is 0 Å². The van der Waals surface area contributed by atoms with Crippen molar-refractivity contribution in [2.45, 2.75) is 19.6 Å². The van der Waals surface area contributed by atoms with E-state index in [1.807, 2.05) is 6.07 Å². The largest absolute Gasteiger partial charge is 0.466 e. The number of ether oxygens (including phenoxy) is 3. The van der Waals surface area contributed by atoms with Gasteiger partial charge >= 0.3 is 12.1 Å². The molecule has 0 N–H and O–H groups in total. The smallest absolute Gasteiger partial charge is 0.412 e. The van der Waals surface area contributed by atoms with Crippen molar-refractivity contribution in [2.24, 2.45) is 11.8 Å². The third kappa shape index (κ3) is 2.41. The molecule has 0 unspecified atom stereocenters. The molecule has 0 aliphatic carbocycles. The maximum Gasteiger partial charge on any atom is 0.412 e. The SMILES string of the molecule is CCOC(=O)[C@@H]1C=C(C#N)O[C@@H]2[C@@H]1CCN2C(=O)OC. The summed E-state index contributed by atoms with van der Waals surface area (Å²) in [6.45, 7) is 2.41. The summed E-state index contributed by atoms with van der Waals surface area (Å²) in [5, 5.41) is 8.99. The molecule has 0 saturated carbocycles. The highest BCUT2D eigenvalue weighted by Gasteiger charge is 2.48. The zero-order valence-corrected chi connectivity index (χ0v) is 11.4. The van der Waals surface area contributed by atoms with Crippen molar-refractivity contribution in [3.8, 4) is 6.07 Å². The Kier molecular flexibility index (Phi) is 4.13. The molecule has 0 spiro atoms. The average molecular weight is 280 g/mol. The van der Waals surface area contributed by atoms with E-state index in [1.165, 1.54) is 18.1 Å². The molecule has 20 heavy (non-hydrogen) atoms. The van der Waals surface area contributed by atoms with Crippen LogP contribution in [0.1, 0.15) is 13.3 Å². The molecule has 3 atom stereocenters. The van der Waals surface area contributed by atoms with Gasteiger partial charge in [-0.25, -0.2) is 4.79 Å². The first-order valence-electron chi connectivity index (χ1n) is 6.42. The first-order valence-corrected chi connectivity index (χ1v) is 6.42. The van der Waals surface area contributed by atoms with E-state index in [4.69, 9.17) is 14.7 Å². The van der Waals surface area contributed by atoms with Gasteiger partial charge < -0.3 is 14.2 Å². The molecular weight excluding hydrogens is 264 g/mol. The predicted molar refractivity (Wildman–Crippen MR) is 65.9 cm³/mol. The van der Waals surface area contributed by atoms with Gasteiger partial charge in [-0.05, 0) is 19.4 Å². The Morgan fingerprint density at radius 3 is 2.95 bits per heavy atom. The van der Waals surface area contributed by atoms with Crippen molar-refractivity contribution in [1.29, 1.82) is 5.26 Å². The van der Waals surface area contributed by atoms with E-state index in [2.05, 4.69) is 4.74 Å². The Balaban J connectivity index is 2.25. The maximum atomic E-state index is 12.0. The summed E-state index contributed by atoms with van der Waals surface area (Å²) < 4.78 is 15.2. The molecule has 0 aromatic rings. The average Bonchev–Trinajstić information content (AvgIpc) is 2.89. The van der Waals surface area contributed by atoms with Crippen LogP contribution >= 0.6 is 0 Å². The predicted octanol–water partition coefficient (Wildman–Crippen LogP) is 1.02. The standard InChI is InChI=1S/C13H16N2O5/c1-3-19-12(16)10-6-8(7-14)20-11-9(10)4-5-15(11)13(17)18-2/h6,9-11H,3-5H2,1-2H3/t9-,10-,11-/m1/s1. The fraction of sp³-hybridized carbons (Fsp3) is 0.615. The number of hydrogen-bond acceptors (Lipinski definition) is 6. The number of carbonyl (C=O) groups excluding carboxylic acids is 2. The summed E-state index contributed by atoms with van der Waals surface area (Å²) in [5.41, 5.74) is 0. The van der Waals surface area contributed by atoms with Crippen LogP contribution in [0.4, 0.5) is 4.79 Å². The topological polar surface area (TPSA) is 88.9 Å². The molecule has 2 heterocycles. The zero-order valence-electron chi connectivity index (χ0n) is 11.4. The summed E-state index contributed by atoms with van der Waals surface area (Å²) in [6.07, 6.45) is 0.883. The van der Waals surface area contributed by atoms with Gasteiger partial charge in [0.05, 0.1) is 19.6 Å². The third-order valence-corrected chi connectivity index (χ3v) is 3.49.